The Morgan fingerprint density at radius 3 is 3.00 bits per heavy atom. The van der Waals surface area contributed by atoms with Gasteiger partial charge in [0.2, 0.25) is 5.91 Å². The lowest BCUT2D eigenvalue weighted by Gasteiger charge is -2.06. The minimum Gasteiger partial charge on any atom is -0.355 e. The van der Waals surface area contributed by atoms with E-state index in [1.807, 2.05) is 24.3 Å². The lowest BCUT2D eigenvalue weighted by Crippen LogP contribution is -2.27. The number of halogens is 1. The molecule has 0 bridgehead atoms. The first-order valence-corrected chi connectivity index (χ1v) is 8.19. The van der Waals surface area contributed by atoms with Gasteiger partial charge in [0.25, 0.3) is 0 Å². The first kappa shape index (κ1) is 15.9. The molecule has 0 spiro atoms. The van der Waals surface area contributed by atoms with Gasteiger partial charge in [-0.25, -0.2) is 4.98 Å². The molecule has 0 saturated heterocycles. The number of aryl methyl sites for hydroxylation is 1. The SMILES string of the molecule is O=C(CSCc1ccccc1Cl)NCCCn1cncn1. The molecule has 21 heavy (non-hydrogen) atoms. The van der Waals surface area contributed by atoms with E-state index in [0.29, 0.717) is 12.3 Å². The molecule has 0 aliphatic rings. The van der Waals surface area contributed by atoms with Crippen LogP contribution in [0.15, 0.2) is 36.9 Å². The van der Waals surface area contributed by atoms with Crippen molar-refractivity contribution in [3.05, 3.63) is 47.5 Å². The zero-order valence-electron chi connectivity index (χ0n) is 11.5. The molecule has 7 heteroatoms. The molecule has 1 heterocycles. The average molecular weight is 325 g/mol. The fourth-order valence-corrected chi connectivity index (χ4v) is 2.88. The minimum absolute atomic E-state index is 0.0469. The quantitative estimate of drug-likeness (QED) is 0.757. The predicted molar refractivity (Wildman–Crippen MR) is 85.3 cm³/mol. The summed E-state index contributed by atoms with van der Waals surface area (Å²) in [5, 5.41) is 7.64. The second kappa shape index (κ2) is 8.69. The average Bonchev–Trinajstić information content (AvgIpc) is 2.99. The van der Waals surface area contributed by atoms with E-state index < -0.39 is 0 Å². The van der Waals surface area contributed by atoms with Crippen LogP contribution in [0.1, 0.15) is 12.0 Å². The van der Waals surface area contributed by atoms with E-state index in [1.165, 1.54) is 6.33 Å². The molecule has 5 nitrogen and oxygen atoms in total. The van der Waals surface area contributed by atoms with Crippen molar-refractivity contribution in [2.24, 2.45) is 0 Å². The van der Waals surface area contributed by atoms with Crippen LogP contribution in [-0.4, -0.2) is 33.0 Å². The largest absolute Gasteiger partial charge is 0.355 e. The van der Waals surface area contributed by atoms with E-state index in [0.717, 1.165) is 29.3 Å². The van der Waals surface area contributed by atoms with Crippen LogP contribution in [0, 0.1) is 0 Å². The van der Waals surface area contributed by atoms with E-state index in [9.17, 15) is 4.79 Å². The highest BCUT2D eigenvalue weighted by Gasteiger charge is 2.03. The van der Waals surface area contributed by atoms with Gasteiger partial charge in [0, 0.05) is 23.9 Å². The normalized spacial score (nSPS) is 10.5. The summed E-state index contributed by atoms with van der Waals surface area (Å²) >= 11 is 7.62. The van der Waals surface area contributed by atoms with E-state index in [4.69, 9.17) is 11.6 Å². The monoisotopic (exact) mass is 324 g/mol. The molecule has 0 radical (unpaired) electrons. The van der Waals surface area contributed by atoms with Gasteiger partial charge in [-0.05, 0) is 18.1 Å². The van der Waals surface area contributed by atoms with Crippen LogP contribution in [0.4, 0.5) is 0 Å². The highest BCUT2D eigenvalue weighted by Crippen LogP contribution is 2.20. The topological polar surface area (TPSA) is 59.8 Å². The summed E-state index contributed by atoms with van der Waals surface area (Å²) in [6.07, 6.45) is 4.01. The molecular weight excluding hydrogens is 308 g/mol. The highest BCUT2D eigenvalue weighted by molar-refractivity contribution is 7.99. The number of benzene rings is 1. The van der Waals surface area contributed by atoms with Crippen molar-refractivity contribution >= 4 is 29.3 Å². The van der Waals surface area contributed by atoms with Gasteiger partial charge in [0.1, 0.15) is 12.7 Å². The zero-order chi connectivity index (χ0) is 14.9. The molecule has 112 valence electrons. The Morgan fingerprint density at radius 2 is 2.24 bits per heavy atom. The van der Waals surface area contributed by atoms with Crippen LogP contribution in [0.5, 0.6) is 0 Å². The van der Waals surface area contributed by atoms with Crippen molar-refractivity contribution in [3.8, 4) is 0 Å². The second-order valence-electron chi connectivity index (χ2n) is 4.45. The molecule has 0 unspecified atom stereocenters. The van der Waals surface area contributed by atoms with Gasteiger partial charge < -0.3 is 5.32 Å². The smallest absolute Gasteiger partial charge is 0.230 e. The molecule has 0 atom stereocenters. The van der Waals surface area contributed by atoms with Crippen molar-refractivity contribution in [1.82, 2.24) is 20.1 Å². The summed E-state index contributed by atoms with van der Waals surface area (Å²) < 4.78 is 1.75. The molecule has 1 amide bonds. The fourth-order valence-electron chi connectivity index (χ4n) is 1.74. The minimum atomic E-state index is 0.0469. The van der Waals surface area contributed by atoms with Gasteiger partial charge in [0.15, 0.2) is 0 Å². The number of amides is 1. The Hall–Kier alpha value is -1.53. The maximum absolute atomic E-state index is 11.7. The van der Waals surface area contributed by atoms with Gasteiger partial charge >= 0.3 is 0 Å². The molecule has 1 N–H and O–H groups in total. The van der Waals surface area contributed by atoms with E-state index in [1.54, 1.807) is 22.8 Å². The Balaban J connectivity index is 1.56. The molecule has 0 aliphatic heterocycles. The number of aromatic nitrogens is 3. The molecule has 2 rings (SSSR count). The number of carbonyl (C=O) groups is 1. The van der Waals surface area contributed by atoms with Crippen molar-refractivity contribution in [3.63, 3.8) is 0 Å². The van der Waals surface area contributed by atoms with Crippen molar-refractivity contribution in [1.29, 1.82) is 0 Å². The van der Waals surface area contributed by atoms with Gasteiger partial charge in [-0.15, -0.1) is 11.8 Å². The molecule has 0 aliphatic carbocycles. The van der Waals surface area contributed by atoms with E-state index >= 15 is 0 Å². The fraction of sp³-hybridized carbons (Fsp3) is 0.357. The number of hydrogen-bond donors (Lipinski definition) is 1. The van der Waals surface area contributed by atoms with E-state index in [2.05, 4.69) is 15.4 Å². The van der Waals surface area contributed by atoms with Crippen LogP contribution in [0.2, 0.25) is 5.02 Å². The Kier molecular flexibility index (Phi) is 6.56. The number of nitrogens with one attached hydrogen (secondary N) is 1. The molecule has 0 saturated carbocycles. The predicted octanol–water partition coefficient (Wildman–Crippen LogP) is 2.37. The van der Waals surface area contributed by atoms with Gasteiger partial charge in [0.05, 0.1) is 5.75 Å². The summed E-state index contributed by atoms with van der Waals surface area (Å²) in [5.41, 5.74) is 1.06. The van der Waals surface area contributed by atoms with Crippen molar-refractivity contribution in [2.45, 2.75) is 18.7 Å². The maximum Gasteiger partial charge on any atom is 0.230 e. The standard InChI is InChI=1S/C14H17ClN4OS/c15-13-5-2-1-4-12(13)8-21-9-14(20)17-6-3-7-19-11-16-10-18-19/h1-2,4-5,10-11H,3,6-9H2,(H,17,20). The molecular formula is C14H17ClN4OS. The third-order valence-electron chi connectivity index (χ3n) is 2.80. The second-order valence-corrected chi connectivity index (χ2v) is 5.84. The summed E-state index contributed by atoms with van der Waals surface area (Å²) in [4.78, 5) is 15.5. The third-order valence-corrected chi connectivity index (χ3v) is 4.15. The van der Waals surface area contributed by atoms with Crippen LogP contribution >= 0.6 is 23.4 Å². The Morgan fingerprint density at radius 1 is 1.38 bits per heavy atom. The van der Waals surface area contributed by atoms with Crippen LogP contribution < -0.4 is 5.32 Å². The first-order valence-electron chi connectivity index (χ1n) is 6.66. The number of thioether (sulfide) groups is 1. The van der Waals surface area contributed by atoms with Crippen molar-refractivity contribution in [2.75, 3.05) is 12.3 Å². The Bertz CT molecular complexity index is 562. The summed E-state index contributed by atoms with van der Waals surface area (Å²) in [6.45, 7) is 1.40. The first-order chi connectivity index (χ1) is 10.3. The molecule has 1 aromatic heterocycles. The van der Waals surface area contributed by atoms with Gasteiger partial charge in [-0.2, -0.15) is 5.10 Å². The maximum atomic E-state index is 11.7. The van der Waals surface area contributed by atoms with Crippen LogP contribution in [0.3, 0.4) is 0 Å². The van der Waals surface area contributed by atoms with Crippen molar-refractivity contribution < 1.29 is 4.79 Å². The molecule has 2 aromatic rings. The van der Waals surface area contributed by atoms with Crippen LogP contribution in [0.25, 0.3) is 0 Å². The molecule has 0 fully saturated rings. The zero-order valence-corrected chi connectivity index (χ0v) is 13.1. The third kappa shape index (κ3) is 5.77. The van der Waals surface area contributed by atoms with Gasteiger partial charge in [-0.3, -0.25) is 9.48 Å². The Labute approximate surface area is 133 Å². The summed E-state index contributed by atoms with van der Waals surface area (Å²) in [7, 11) is 0. The summed E-state index contributed by atoms with van der Waals surface area (Å²) in [5.74, 6) is 1.23. The number of nitrogens with zero attached hydrogens (tertiary/aromatic N) is 3. The lowest BCUT2D eigenvalue weighted by molar-refractivity contribution is -0.118. The van der Waals surface area contributed by atoms with Crippen LogP contribution in [-0.2, 0) is 17.1 Å². The lowest BCUT2D eigenvalue weighted by atomic mass is 10.2. The number of carbonyl (C=O) groups excluding carboxylic acids is 1. The highest BCUT2D eigenvalue weighted by atomic mass is 35.5. The number of rotatable bonds is 8. The van der Waals surface area contributed by atoms with Gasteiger partial charge in [-0.1, -0.05) is 29.8 Å². The summed E-state index contributed by atoms with van der Waals surface area (Å²) in [6, 6.07) is 7.69. The van der Waals surface area contributed by atoms with E-state index in [-0.39, 0.29) is 5.91 Å². The number of hydrogen-bond acceptors (Lipinski definition) is 4. The molecule has 1 aromatic carbocycles.